The van der Waals surface area contributed by atoms with Crippen LogP contribution in [0.1, 0.15) is 55.9 Å². The Kier molecular flexibility index (Phi) is 3.62. The summed E-state index contributed by atoms with van der Waals surface area (Å²) in [5.41, 5.74) is 8.94. The van der Waals surface area contributed by atoms with Crippen molar-refractivity contribution in [1.82, 2.24) is 9.55 Å². The Bertz CT molecular complexity index is 559. The zero-order valence-corrected chi connectivity index (χ0v) is 12.2. The number of nitrogens with zero attached hydrogens (tertiary/aromatic N) is 2. The van der Waals surface area contributed by atoms with Crippen LogP contribution in [-0.4, -0.2) is 9.55 Å². The molecule has 3 unspecified atom stereocenters. The van der Waals surface area contributed by atoms with Crippen LogP contribution >= 0.6 is 0 Å². The smallest absolute Gasteiger partial charge is 0.0951 e. The van der Waals surface area contributed by atoms with Crippen LogP contribution in [0.15, 0.2) is 42.9 Å². The zero-order valence-electron chi connectivity index (χ0n) is 12.2. The van der Waals surface area contributed by atoms with Crippen LogP contribution in [0.4, 0.5) is 0 Å². The fraction of sp³-hybridized carbons (Fsp3) is 0.471. The molecule has 1 aromatic heterocycles. The Labute approximate surface area is 120 Å². The van der Waals surface area contributed by atoms with Crippen LogP contribution in [0.3, 0.4) is 0 Å². The van der Waals surface area contributed by atoms with E-state index in [1.54, 1.807) is 0 Å². The first kappa shape index (κ1) is 13.4. The molecule has 1 heterocycles. The largest absolute Gasteiger partial charge is 0.329 e. The molecule has 1 aliphatic carbocycles. The van der Waals surface area contributed by atoms with Crippen LogP contribution in [0.5, 0.6) is 0 Å². The minimum atomic E-state index is 0.0922. The molecule has 3 rings (SSSR count). The Balaban J connectivity index is 1.75. The summed E-state index contributed by atoms with van der Waals surface area (Å²) in [6.45, 7) is 4.43. The normalized spacial score (nSPS) is 23.0. The summed E-state index contributed by atoms with van der Waals surface area (Å²) < 4.78 is 2.30. The van der Waals surface area contributed by atoms with E-state index in [-0.39, 0.29) is 6.04 Å². The van der Waals surface area contributed by atoms with E-state index in [1.165, 1.54) is 17.7 Å². The molecule has 0 radical (unpaired) electrons. The van der Waals surface area contributed by atoms with Gasteiger partial charge in [0, 0.05) is 24.2 Å². The van der Waals surface area contributed by atoms with Crippen LogP contribution in [0.25, 0.3) is 0 Å². The molecule has 1 fully saturated rings. The monoisotopic (exact) mass is 269 g/mol. The van der Waals surface area contributed by atoms with Gasteiger partial charge in [-0.05, 0) is 24.3 Å². The summed E-state index contributed by atoms with van der Waals surface area (Å²) in [7, 11) is 0. The molecule has 1 saturated carbocycles. The predicted molar refractivity (Wildman–Crippen MR) is 81.4 cm³/mol. The third-order valence-corrected chi connectivity index (χ3v) is 4.14. The Hall–Kier alpha value is -1.61. The van der Waals surface area contributed by atoms with Crippen molar-refractivity contribution in [3.63, 3.8) is 0 Å². The van der Waals surface area contributed by atoms with Crippen molar-refractivity contribution in [2.75, 3.05) is 0 Å². The number of hydrogen-bond acceptors (Lipinski definition) is 2. The average Bonchev–Trinajstić information content (AvgIpc) is 3.07. The van der Waals surface area contributed by atoms with Crippen molar-refractivity contribution in [3.8, 4) is 0 Å². The maximum absolute atomic E-state index is 6.33. The Morgan fingerprint density at radius 3 is 2.75 bits per heavy atom. The van der Waals surface area contributed by atoms with Crippen LogP contribution < -0.4 is 5.73 Å². The minimum absolute atomic E-state index is 0.0922. The molecule has 3 heteroatoms. The van der Waals surface area contributed by atoms with Gasteiger partial charge in [-0.25, -0.2) is 4.98 Å². The van der Waals surface area contributed by atoms with Gasteiger partial charge in [-0.2, -0.15) is 0 Å². The van der Waals surface area contributed by atoms with Gasteiger partial charge in [-0.15, -0.1) is 0 Å². The van der Waals surface area contributed by atoms with Gasteiger partial charge in [0.25, 0.3) is 0 Å². The standard InChI is InChI=1S/C17H23N3/c1-12(2)8-15(18)17-10-19-11-20(17)16-9-14(16)13-6-4-3-5-7-13/h3-7,10-12,14-16H,8-9,18H2,1-2H3. The quantitative estimate of drug-likeness (QED) is 0.900. The maximum Gasteiger partial charge on any atom is 0.0951 e. The molecule has 2 N–H and O–H groups in total. The highest BCUT2D eigenvalue weighted by Gasteiger charge is 2.40. The van der Waals surface area contributed by atoms with Crippen LogP contribution in [-0.2, 0) is 0 Å². The highest BCUT2D eigenvalue weighted by Crippen LogP contribution is 2.52. The van der Waals surface area contributed by atoms with Gasteiger partial charge in [0.2, 0.25) is 0 Å². The molecule has 0 amide bonds. The highest BCUT2D eigenvalue weighted by molar-refractivity contribution is 5.28. The van der Waals surface area contributed by atoms with Crippen molar-refractivity contribution >= 4 is 0 Å². The lowest BCUT2D eigenvalue weighted by atomic mass is 10.0. The first-order valence-corrected chi connectivity index (χ1v) is 7.49. The van der Waals surface area contributed by atoms with Crippen molar-refractivity contribution < 1.29 is 0 Å². The number of rotatable bonds is 5. The van der Waals surface area contributed by atoms with Gasteiger partial charge in [0.15, 0.2) is 0 Å². The second kappa shape index (κ2) is 5.41. The molecule has 0 bridgehead atoms. The van der Waals surface area contributed by atoms with E-state index in [0.29, 0.717) is 17.9 Å². The lowest BCUT2D eigenvalue weighted by Crippen LogP contribution is -2.17. The Morgan fingerprint density at radius 2 is 2.05 bits per heavy atom. The van der Waals surface area contributed by atoms with Crippen molar-refractivity contribution in [1.29, 1.82) is 0 Å². The molecule has 1 aliphatic rings. The molecule has 0 spiro atoms. The molecule has 3 nitrogen and oxygen atoms in total. The van der Waals surface area contributed by atoms with E-state index < -0.39 is 0 Å². The summed E-state index contributed by atoms with van der Waals surface area (Å²) in [6, 6.07) is 11.4. The van der Waals surface area contributed by atoms with E-state index in [0.717, 1.165) is 6.42 Å². The van der Waals surface area contributed by atoms with Crippen molar-refractivity contribution in [2.45, 2.75) is 44.7 Å². The third kappa shape index (κ3) is 2.63. The number of benzene rings is 1. The molecule has 0 aliphatic heterocycles. The summed E-state index contributed by atoms with van der Waals surface area (Å²) in [5.74, 6) is 1.23. The first-order chi connectivity index (χ1) is 9.66. The van der Waals surface area contributed by atoms with E-state index in [9.17, 15) is 0 Å². The fourth-order valence-electron chi connectivity index (χ4n) is 3.06. The van der Waals surface area contributed by atoms with Crippen LogP contribution in [0, 0.1) is 5.92 Å². The number of aromatic nitrogens is 2. The van der Waals surface area contributed by atoms with Gasteiger partial charge in [0.1, 0.15) is 0 Å². The highest BCUT2D eigenvalue weighted by atomic mass is 15.1. The second-order valence-electron chi connectivity index (χ2n) is 6.28. The van der Waals surface area contributed by atoms with Gasteiger partial charge in [-0.3, -0.25) is 0 Å². The zero-order chi connectivity index (χ0) is 14.1. The van der Waals surface area contributed by atoms with Gasteiger partial charge in [-0.1, -0.05) is 44.2 Å². The van der Waals surface area contributed by atoms with Crippen LogP contribution in [0.2, 0.25) is 0 Å². The van der Waals surface area contributed by atoms with E-state index >= 15 is 0 Å². The molecular formula is C17H23N3. The van der Waals surface area contributed by atoms with Crippen molar-refractivity contribution in [3.05, 3.63) is 54.1 Å². The molecule has 106 valence electrons. The van der Waals surface area contributed by atoms with Gasteiger partial charge in [0.05, 0.1) is 12.0 Å². The molecule has 3 atom stereocenters. The molecular weight excluding hydrogens is 246 g/mol. The van der Waals surface area contributed by atoms with E-state index in [2.05, 4.69) is 53.7 Å². The molecule has 1 aromatic carbocycles. The maximum atomic E-state index is 6.33. The molecule has 2 aromatic rings. The lowest BCUT2D eigenvalue weighted by molar-refractivity contribution is 0.483. The second-order valence-corrected chi connectivity index (χ2v) is 6.28. The topological polar surface area (TPSA) is 43.8 Å². The van der Waals surface area contributed by atoms with E-state index in [1.807, 2.05) is 12.5 Å². The molecule has 0 saturated heterocycles. The number of imidazole rings is 1. The summed E-state index contributed by atoms with van der Waals surface area (Å²) >= 11 is 0. The summed E-state index contributed by atoms with van der Waals surface area (Å²) in [5, 5.41) is 0. The van der Waals surface area contributed by atoms with Gasteiger partial charge < -0.3 is 10.3 Å². The average molecular weight is 269 g/mol. The molecule has 20 heavy (non-hydrogen) atoms. The third-order valence-electron chi connectivity index (χ3n) is 4.14. The lowest BCUT2D eigenvalue weighted by Gasteiger charge is -2.16. The summed E-state index contributed by atoms with van der Waals surface area (Å²) in [6.07, 6.45) is 6.09. The fourth-order valence-corrected chi connectivity index (χ4v) is 3.06. The number of hydrogen-bond donors (Lipinski definition) is 1. The summed E-state index contributed by atoms with van der Waals surface area (Å²) in [4.78, 5) is 4.32. The van der Waals surface area contributed by atoms with Gasteiger partial charge >= 0.3 is 0 Å². The van der Waals surface area contributed by atoms with Crippen molar-refractivity contribution in [2.24, 2.45) is 11.7 Å². The number of nitrogens with two attached hydrogens (primary N) is 1. The first-order valence-electron chi connectivity index (χ1n) is 7.49. The predicted octanol–water partition coefficient (Wildman–Crippen LogP) is 3.66. The Morgan fingerprint density at radius 1 is 1.30 bits per heavy atom. The van der Waals surface area contributed by atoms with E-state index in [4.69, 9.17) is 5.73 Å². The SMILES string of the molecule is CC(C)CC(N)c1cncn1C1CC1c1ccccc1. The minimum Gasteiger partial charge on any atom is -0.329 e.